The lowest BCUT2D eigenvalue weighted by Crippen LogP contribution is -2.55. The van der Waals surface area contributed by atoms with Crippen molar-refractivity contribution in [1.29, 1.82) is 0 Å². The number of hydrogen-bond donors (Lipinski definition) is 1. The summed E-state index contributed by atoms with van der Waals surface area (Å²) in [6.07, 6.45) is 1.23. The first kappa shape index (κ1) is 26.1. The van der Waals surface area contributed by atoms with Crippen molar-refractivity contribution < 1.29 is 4.79 Å². The number of thiazole rings is 1. The second-order valence-corrected chi connectivity index (χ2v) is 9.76. The number of nitrogens with one attached hydrogen (secondary N) is 1. The number of hydrogen-bond acceptors (Lipinski definition) is 6. The summed E-state index contributed by atoms with van der Waals surface area (Å²) < 4.78 is 0. The molecule has 2 saturated heterocycles. The average Bonchev–Trinajstić information content (AvgIpc) is 3.18. The molecule has 2 atom stereocenters. The molecule has 3 rings (SSSR count). The van der Waals surface area contributed by atoms with Crippen LogP contribution in [0.5, 0.6) is 0 Å². The van der Waals surface area contributed by atoms with Crippen LogP contribution in [0.1, 0.15) is 26.0 Å². The van der Waals surface area contributed by atoms with Gasteiger partial charge < -0.3 is 20.0 Å². The van der Waals surface area contributed by atoms with Gasteiger partial charge in [-0.2, -0.15) is 0 Å². The van der Waals surface area contributed by atoms with Crippen molar-refractivity contribution in [1.82, 2.24) is 25.0 Å². The maximum absolute atomic E-state index is 12.8. The molecule has 31 heavy (non-hydrogen) atoms. The summed E-state index contributed by atoms with van der Waals surface area (Å²) in [5.74, 6) is 2.40. The van der Waals surface area contributed by atoms with Gasteiger partial charge in [0.2, 0.25) is 5.91 Å². The van der Waals surface area contributed by atoms with Crippen molar-refractivity contribution in [2.45, 2.75) is 26.8 Å². The number of guanidine groups is 1. The molecule has 2 aliphatic rings. The number of rotatable bonds is 5. The molecule has 3 heterocycles. The van der Waals surface area contributed by atoms with Gasteiger partial charge in [-0.1, -0.05) is 13.8 Å². The molecule has 2 fully saturated rings. The minimum absolute atomic E-state index is 0. The summed E-state index contributed by atoms with van der Waals surface area (Å²) in [6.45, 7) is 11.0. The van der Waals surface area contributed by atoms with Gasteiger partial charge in [-0.25, -0.2) is 4.98 Å². The molecule has 1 N–H and O–H groups in total. The number of carbonyl (C=O) groups is 1. The van der Waals surface area contributed by atoms with Gasteiger partial charge in [0.05, 0.1) is 18.8 Å². The second-order valence-electron chi connectivity index (χ2n) is 8.92. The predicted octanol–water partition coefficient (Wildman–Crippen LogP) is 2.02. The Morgan fingerprint density at radius 3 is 2.39 bits per heavy atom. The summed E-state index contributed by atoms with van der Waals surface area (Å²) in [7, 11) is 5.83. The number of anilines is 1. The number of aromatic nitrogens is 1. The molecule has 0 aromatic carbocycles. The molecule has 0 bridgehead atoms. The third kappa shape index (κ3) is 7.45. The van der Waals surface area contributed by atoms with E-state index in [9.17, 15) is 4.79 Å². The van der Waals surface area contributed by atoms with E-state index < -0.39 is 0 Å². The van der Waals surface area contributed by atoms with E-state index in [0.29, 0.717) is 24.9 Å². The lowest BCUT2D eigenvalue weighted by molar-refractivity contribution is -0.135. The van der Waals surface area contributed by atoms with Gasteiger partial charge in [0.25, 0.3) is 0 Å². The molecule has 1 aromatic heterocycles. The number of piperidine rings is 1. The first-order valence-corrected chi connectivity index (χ1v) is 11.8. The molecule has 10 heteroatoms. The zero-order chi connectivity index (χ0) is 21.7. The summed E-state index contributed by atoms with van der Waals surface area (Å²) in [5.41, 5.74) is 1.03. The number of amides is 1. The van der Waals surface area contributed by atoms with Crippen molar-refractivity contribution >= 4 is 52.3 Å². The topological polar surface area (TPSA) is 67.3 Å². The first-order chi connectivity index (χ1) is 14.4. The van der Waals surface area contributed by atoms with Crippen molar-refractivity contribution in [2.75, 3.05) is 71.9 Å². The molecule has 8 nitrogen and oxygen atoms in total. The molecule has 0 radical (unpaired) electrons. The van der Waals surface area contributed by atoms with E-state index in [0.717, 1.165) is 56.1 Å². The molecule has 0 saturated carbocycles. The molecule has 2 aliphatic heterocycles. The van der Waals surface area contributed by atoms with Gasteiger partial charge in [-0.05, 0) is 18.3 Å². The molecule has 2 unspecified atom stereocenters. The van der Waals surface area contributed by atoms with Gasteiger partial charge in [0.15, 0.2) is 11.1 Å². The smallest absolute Gasteiger partial charge is 0.236 e. The van der Waals surface area contributed by atoms with Crippen molar-refractivity contribution in [3.05, 3.63) is 11.1 Å². The summed E-state index contributed by atoms with van der Waals surface area (Å²) in [4.78, 5) is 30.5. The molecular formula is C21H38IN7OS. The Balaban J connectivity index is 0.00000341. The maximum Gasteiger partial charge on any atom is 0.236 e. The monoisotopic (exact) mass is 563 g/mol. The SMILES string of the molecule is CN=C(NCc1csc(N(C)C)n1)N1CCN(CC(=O)N2CC(C)CC(C)C2)CC1.I. The minimum atomic E-state index is 0. The van der Waals surface area contributed by atoms with E-state index in [1.165, 1.54) is 6.42 Å². The third-order valence-corrected chi connectivity index (χ3v) is 6.87. The number of carbonyl (C=O) groups excluding carboxylic acids is 1. The molecule has 1 amide bonds. The van der Waals surface area contributed by atoms with Gasteiger partial charge >= 0.3 is 0 Å². The minimum Gasteiger partial charge on any atom is -0.354 e. The summed E-state index contributed by atoms with van der Waals surface area (Å²) >= 11 is 1.65. The molecule has 0 spiro atoms. The normalized spacial score (nSPS) is 22.8. The molecule has 1 aromatic rings. The number of piperazine rings is 1. The van der Waals surface area contributed by atoms with Crippen LogP contribution < -0.4 is 10.2 Å². The number of halogens is 1. The Kier molecular flexibility index (Phi) is 10.3. The third-order valence-electron chi connectivity index (χ3n) is 5.81. The van der Waals surface area contributed by atoms with Gasteiger partial charge in [0, 0.05) is 65.8 Å². The highest BCUT2D eigenvalue weighted by Crippen LogP contribution is 2.21. The van der Waals surface area contributed by atoms with E-state index in [-0.39, 0.29) is 29.9 Å². The Morgan fingerprint density at radius 2 is 1.84 bits per heavy atom. The van der Waals surface area contributed by atoms with E-state index in [4.69, 9.17) is 0 Å². The number of nitrogens with zero attached hydrogens (tertiary/aromatic N) is 6. The van der Waals surface area contributed by atoms with Crippen LogP contribution in [0, 0.1) is 11.8 Å². The fourth-order valence-electron chi connectivity index (χ4n) is 4.36. The Morgan fingerprint density at radius 1 is 1.19 bits per heavy atom. The van der Waals surface area contributed by atoms with Crippen LogP contribution in [0.4, 0.5) is 5.13 Å². The lowest BCUT2D eigenvalue weighted by Gasteiger charge is -2.39. The van der Waals surface area contributed by atoms with E-state index in [1.54, 1.807) is 11.3 Å². The van der Waals surface area contributed by atoms with Crippen molar-refractivity contribution in [3.8, 4) is 0 Å². The van der Waals surface area contributed by atoms with Crippen LogP contribution in [0.15, 0.2) is 10.4 Å². The average molecular weight is 564 g/mol. The first-order valence-electron chi connectivity index (χ1n) is 10.9. The second kappa shape index (κ2) is 12.2. The molecule has 176 valence electrons. The van der Waals surface area contributed by atoms with Crippen LogP contribution in [0.25, 0.3) is 0 Å². The number of likely N-dealkylation sites (tertiary alicyclic amines) is 1. The fourth-order valence-corrected chi connectivity index (χ4v) is 5.12. The Labute approximate surface area is 208 Å². The predicted molar refractivity (Wildman–Crippen MR) is 140 cm³/mol. The highest BCUT2D eigenvalue weighted by atomic mass is 127. The standard InChI is InChI=1S/C21H37N7OS.HI/c1-16-10-17(2)13-28(12-16)19(29)14-26-6-8-27(9-7-26)20(22-3)23-11-18-15-30-21(24-18)25(4)5;/h15-17H,6-14H2,1-5H3,(H,22,23);1H. The maximum atomic E-state index is 12.8. The highest BCUT2D eigenvalue weighted by Gasteiger charge is 2.28. The van der Waals surface area contributed by atoms with Crippen LogP contribution in [-0.4, -0.2) is 98.5 Å². The Hall–Kier alpha value is -1.14. The zero-order valence-electron chi connectivity index (χ0n) is 19.5. The summed E-state index contributed by atoms with van der Waals surface area (Å²) in [6, 6.07) is 0. The van der Waals surface area contributed by atoms with Crippen LogP contribution in [0.3, 0.4) is 0 Å². The van der Waals surface area contributed by atoms with Crippen molar-refractivity contribution in [2.24, 2.45) is 16.8 Å². The lowest BCUT2D eigenvalue weighted by atomic mass is 9.92. The van der Waals surface area contributed by atoms with Gasteiger partial charge in [-0.3, -0.25) is 14.7 Å². The van der Waals surface area contributed by atoms with Crippen LogP contribution >= 0.6 is 35.3 Å². The molecule has 0 aliphatic carbocycles. The van der Waals surface area contributed by atoms with E-state index in [1.807, 2.05) is 26.0 Å². The van der Waals surface area contributed by atoms with Crippen molar-refractivity contribution in [3.63, 3.8) is 0 Å². The quantitative estimate of drug-likeness (QED) is 0.336. The fraction of sp³-hybridized carbons (Fsp3) is 0.762. The zero-order valence-corrected chi connectivity index (χ0v) is 22.7. The van der Waals surface area contributed by atoms with Gasteiger partial charge in [-0.15, -0.1) is 35.3 Å². The summed E-state index contributed by atoms with van der Waals surface area (Å²) in [5, 5.41) is 6.53. The van der Waals surface area contributed by atoms with E-state index in [2.05, 4.69) is 49.2 Å². The van der Waals surface area contributed by atoms with E-state index >= 15 is 0 Å². The van der Waals surface area contributed by atoms with Crippen LogP contribution in [0.2, 0.25) is 0 Å². The molecular weight excluding hydrogens is 525 g/mol. The van der Waals surface area contributed by atoms with Crippen LogP contribution in [-0.2, 0) is 11.3 Å². The van der Waals surface area contributed by atoms with Gasteiger partial charge in [0.1, 0.15) is 0 Å². The number of aliphatic imine (C=N–C) groups is 1. The largest absolute Gasteiger partial charge is 0.354 e. The Bertz CT molecular complexity index is 723. The highest BCUT2D eigenvalue weighted by molar-refractivity contribution is 14.0.